The Hall–Kier alpha value is -3.33. The summed E-state index contributed by atoms with van der Waals surface area (Å²) in [6.45, 7) is -0.135. The Labute approximate surface area is 165 Å². The molecule has 3 aromatic rings. The zero-order valence-electron chi connectivity index (χ0n) is 15.5. The van der Waals surface area contributed by atoms with Crippen molar-refractivity contribution in [2.24, 2.45) is 0 Å². The van der Waals surface area contributed by atoms with E-state index in [1.165, 1.54) is 27.4 Å². The van der Waals surface area contributed by atoms with Gasteiger partial charge in [-0.05, 0) is 40.6 Å². The Balaban J connectivity index is 1.69. The summed E-state index contributed by atoms with van der Waals surface area (Å²) in [5, 5.41) is 11.7. The molecule has 8 nitrogen and oxygen atoms in total. The Kier molecular flexibility index (Phi) is 6.28. The number of hydrogen-bond donors (Lipinski definition) is 0. The molecule has 0 aliphatic heterocycles. The summed E-state index contributed by atoms with van der Waals surface area (Å²) in [6, 6.07) is 5.28. The lowest BCUT2D eigenvalue weighted by Gasteiger charge is -2.12. The second-order valence-electron chi connectivity index (χ2n) is 5.41. The van der Waals surface area contributed by atoms with Crippen LogP contribution in [0.5, 0.6) is 17.2 Å². The van der Waals surface area contributed by atoms with Gasteiger partial charge in [-0.25, -0.2) is 4.79 Å². The van der Waals surface area contributed by atoms with Crippen molar-refractivity contribution in [3.05, 3.63) is 46.5 Å². The van der Waals surface area contributed by atoms with Crippen molar-refractivity contribution in [2.45, 2.75) is 6.61 Å². The van der Waals surface area contributed by atoms with Gasteiger partial charge < -0.3 is 23.4 Å². The van der Waals surface area contributed by atoms with Gasteiger partial charge in [0, 0.05) is 11.6 Å². The molecule has 1 aromatic carbocycles. The van der Waals surface area contributed by atoms with E-state index in [2.05, 4.69) is 10.2 Å². The number of nitrogens with zero attached hydrogens (tertiary/aromatic N) is 2. The van der Waals surface area contributed by atoms with E-state index in [1.54, 1.807) is 29.5 Å². The van der Waals surface area contributed by atoms with Gasteiger partial charge in [0.1, 0.15) is 0 Å². The molecule has 2 aromatic heterocycles. The predicted molar refractivity (Wildman–Crippen MR) is 103 cm³/mol. The molecular weight excluding hydrogens is 384 g/mol. The lowest BCUT2D eigenvalue weighted by molar-refractivity contribution is -0.139. The molecule has 0 spiro atoms. The molecule has 0 N–H and O–H groups in total. The van der Waals surface area contributed by atoms with Crippen LogP contribution in [0.2, 0.25) is 0 Å². The number of aromatic nitrogens is 2. The number of carbonyl (C=O) groups excluding carboxylic acids is 1. The molecule has 3 rings (SSSR count). The van der Waals surface area contributed by atoms with Crippen molar-refractivity contribution < 1.29 is 28.2 Å². The molecule has 0 fully saturated rings. The number of esters is 1. The zero-order chi connectivity index (χ0) is 19.9. The first-order valence-corrected chi connectivity index (χ1v) is 9.08. The molecule has 0 atom stereocenters. The van der Waals surface area contributed by atoms with Crippen LogP contribution in [0, 0.1) is 0 Å². The molecule has 0 aliphatic rings. The fraction of sp³-hybridized carbons (Fsp3) is 0.211. The number of carbonyl (C=O) groups is 1. The van der Waals surface area contributed by atoms with E-state index >= 15 is 0 Å². The van der Waals surface area contributed by atoms with E-state index in [0.29, 0.717) is 22.8 Å². The van der Waals surface area contributed by atoms with E-state index in [0.717, 1.165) is 5.56 Å². The standard InChI is InChI=1S/C19H18N2O6S/c1-23-14-8-13(9-15(24-2)18(14)25-3)19-21-20-16(27-19)10-26-17(22)5-4-12-6-7-28-11-12/h4-9,11H,10H2,1-3H3/b5-4+. The minimum Gasteiger partial charge on any atom is -0.493 e. The Morgan fingerprint density at radius 1 is 1.14 bits per heavy atom. The van der Waals surface area contributed by atoms with Crippen molar-refractivity contribution in [1.82, 2.24) is 10.2 Å². The molecule has 0 saturated heterocycles. The lowest BCUT2D eigenvalue weighted by Crippen LogP contribution is -2.00. The first kappa shape index (κ1) is 19.4. The minimum absolute atomic E-state index is 0.135. The summed E-state index contributed by atoms with van der Waals surface area (Å²) in [4.78, 5) is 11.8. The Morgan fingerprint density at radius 3 is 2.50 bits per heavy atom. The van der Waals surface area contributed by atoms with Crippen LogP contribution in [0.15, 0.2) is 39.5 Å². The van der Waals surface area contributed by atoms with Crippen LogP contribution < -0.4 is 14.2 Å². The molecular formula is C19H18N2O6S. The monoisotopic (exact) mass is 402 g/mol. The van der Waals surface area contributed by atoms with Crippen LogP contribution in [0.25, 0.3) is 17.5 Å². The van der Waals surface area contributed by atoms with Crippen LogP contribution in [0.4, 0.5) is 0 Å². The smallest absolute Gasteiger partial charge is 0.331 e. The molecule has 2 heterocycles. The lowest BCUT2D eigenvalue weighted by atomic mass is 10.2. The zero-order valence-corrected chi connectivity index (χ0v) is 16.3. The minimum atomic E-state index is -0.501. The van der Waals surface area contributed by atoms with Crippen molar-refractivity contribution in [1.29, 1.82) is 0 Å². The predicted octanol–water partition coefficient (Wildman–Crippen LogP) is 3.58. The molecule has 0 amide bonds. The third-order valence-electron chi connectivity index (χ3n) is 3.67. The van der Waals surface area contributed by atoms with Gasteiger partial charge in [-0.2, -0.15) is 11.3 Å². The first-order valence-electron chi connectivity index (χ1n) is 8.14. The fourth-order valence-corrected chi connectivity index (χ4v) is 2.98. The highest BCUT2D eigenvalue weighted by Gasteiger charge is 2.17. The van der Waals surface area contributed by atoms with Gasteiger partial charge in [-0.15, -0.1) is 10.2 Å². The number of hydrogen-bond acceptors (Lipinski definition) is 9. The van der Waals surface area contributed by atoms with E-state index in [9.17, 15) is 4.79 Å². The fourth-order valence-electron chi connectivity index (χ4n) is 2.35. The van der Waals surface area contributed by atoms with Gasteiger partial charge in [0.05, 0.1) is 21.3 Å². The molecule has 146 valence electrons. The maximum atomic E-state index is 11.8. The average molecular weight is 402 g/mol. The van der Waals surface area contributed by atoms with E-state index in [-0.39, 0.29) is 18.4 Å². The summed E-state index contributed by atoms with van der Waals surface area (Å²) in [7, 11) is 4.55. The maximum absolute atomic E-state index is 11.8. The largest absolute Gasteiger partial charge is 0.493 e. The average Bonchev–Trinajstić information content (AvgIpc) is 3.41. The Morgan fingerprint density at radius 2 is 1.89 bits per heavy atom. The van der Waals surface area contributed by atoms with Gasteiger partial charge in [-0.3, -0.25) is 0 Å². The molecule has 9 heteroatoms. The van der Waals surface area contributed by atoms with E-state index < -0.39 is 5.97 Å². The second-order valence-corrected chi connectivity index (χ2v) is 6.19. The Bertz CT molecular complexity index is 940. The molecule has 0 aliphatic carbocycles. The third kappa shape index (κ3) is 4.49. The highest BCUT2D eigenvalue weighted by atomic mass is 32.1. The number of thiophene rings is 1. The maximum Gasteiger partial charge on any atom is 0.331 e. The normalized spacial score (nSPS) is 10.8. The summed E-state index contributed by atoms with van der Waals surface area (Å²) < 4.78 is 26.6. The van der Waals surface area contributed by atoms with Crippen molar-refractivity contribution >= 4 is 23.4 Å². The summed E-state index contributed by atoms with van der Waals surface area (Å²) >= 11 is 1.55. The van der Waals surface area contributed by atoms with E-state index in [4.69, 9.17) is 23.4 Å². The molecule has 0 unspecified atom stereocenters. The summed E-state index contributed by atoms with van der Waals surface area (Å²) in [5.41, 5.74) is 1.52. The van der Waals surface area contributed by atoms with Crippen molar-refractivity contribution in [3.8, 4) is 28.7 Å². The first-order chi connectivity index (χ1) is 13.6. The molecule has 0 radical (unpaired) electrons. The van der Waals surface area contributed by atoms with Crippen LogP contribution in [0.1, 0.15) is 11.5 Å². The van der Waals surface area contributed by atoms with E-state index in [1.807, 2.05) is 16.8 Å². The van der Waals surface area contributed by atoms with Crippen LogP contribution in [-0.4, -0.2) is 37.5 Å². The second kappa shape index (κ2) is 9.05. The summed E-state index contributed by atoms with van der Waals surface area (Å²) in [5.74, 6) is 1.28. The highest BCUT2D eigenvalue weighted by Crippen LogP contribution is 2.40. The molecule has 0 bridgehead atoms. The van der Waals surface area contributed by atoms with Gasteiger partial charge >= 0.3 is 5.97 Å². The number of methoxy groups -OCH3 is 3. The molecule has 0 saturated carbocycles. The topological polar surface area (TPSA) is 92.9 Å². The highest BCUT2D eigenvalue weighted by molar-refractivity contribution is 7.08. The van der Waals surface area contributed by atoms with Crippen LogP contribution in [0.3, 0.4) is 0 Å². The van der Waals surface area contributed by atoms with Gasteiger partial charge in [0.25, 0.3) is 5.89 Å². The van der Waals surface area contributed by atoms with Gasteiger partial charge in [0.15, 0.2) is 18.1 Å². The van der Waals surface area contributed by atoms with Crippen molar-refractivity contribution in [2.75, 3.05) is 21.3 Å². The number of ether oxygens (including phenoxy) is 4. The van der Waals surface area contributed by atoms with Crippen molar-refractivity contribution in [3.63, 3.8) is 0 Å². The van der Waals surface area contributed by atoms with Crippen LogP contribution >= 0.6 is 11.3 Å². The number of rotatable bonds is 8. The SMILES string of the molecule is COc1cc(-c2nnc(COC(=O)/C=C/c3ccsc3)o2)cc(OC)c1OC. The third-order valence-corrected chi connectivity index (χ3v) is 4.37. The quantitative estimate of drug-likeness (QED) is 0.417. The van der Waals surface area contributed by atoms with Gasteiger partial charge in [0.2, 0.25) is 11.6 Å². The van der Waals surface area contributed by atoms with Gasteiger partial charge in [-0.1, -0.05) is 0 Å². The summed E-state index contributed by atoms with van der Waals surface area (Å²) in [6.07, 6.45) is 3.02. The molecule has 28 heavy (non-hydrogen) atoms. The van der Waals surface area contributed by atoms with Crippen LogP contribution in [-0.2, 0) is 16.1 Å². The number of benzene rings is 1.